The Balaban J connectivity index is 0.000000739. The van der Waals surface area contributed by atoms with Gasteiger partial charge in [0.2, 0.25) is 10.0 Å². The lowest BCUT2D eigenvalue weighted by Gasteiger charge is -2.33. The number of piperazine rings is 1. The molecule has 0 aliphatic carbocycles. The molecule has 15 heteroatoms. The van der Waals surface area contributed by atoms with Crippen LogP contribution in [0.5, 0.6) is 11.5 Å². The second-order valence-corrected chi connectivity index (χ2v) is 11.4. The SMILES string of the molecule is CCN1CCN(S(=O)(=O)c2cc([N+](=O)[O-])ccc2Oc2cc(Cl)cc(Cl)c2)CC1.CS(=O)(=O)O. The van der Waals surface area contributed by atoms with E-state index in [0.29, 0.717) is 42.5 Å². The molecule has 1 N–H and O–H groups in total. The molecule has 0 radical (unpaired) electrons. The van der Waals surface area contributed by atoms with E-state index in [9.17, 15) is 26.9 Å². The molecular formula is C19H23Cl2N3O8S2. The fourth-order valence-corrected chi connectivity index (χ4v) is 5.10. The molecule has 0 atom stereocenters. The summed E-state index contributed by atoms with van der Waals surface area (Å²) in [6.07, 6.45) is 0.715. The highest BCUT2D eigenvalue weighted by molar-refractivity contribution is 7.89. The summed E-state index contributed by atoms with van der Waals surface area (Å²) < 4.78 is 59.4. The average Bonchev–Trinajstić information content (AvgIpc) is 2.72. The van der Waals surface area contributed by atoms with Gasteiger partial charge >= 0.3 is 0 Å². The lowest BCUT2D eigenvalue weighted by atomic mass is 10.3. The van der Waals surface area contributed by atoms with Gasteiger partial charge in [0.15, 0.2) is 0 Å². The minimum atomic E-state index is -4.01. The van der Waals surface area contributed by atoms with Crippen LogP contribution in [0, 0.1) is 10.1 Å². The minimum Gasteiger partial charge on any atom is -0.456 e. The Morgan fingerprint density at radius 1 is 1.03 bits per heavy atom. The number of non-ortho nitro benzene ring substituents is 1. The van der Waals surface area contributed by atoms with Crippen molar-refractivity contribution in [2.45, 2.75) is 11.8 Å². The van der Waals surface area contributed by atoms with Crippen LogP contribution in [0.15, 0.2) is 41.3 Å². The van der Waals surface area contributed by atoms with E-state index in [-0.39, 0.29) is 22.1 Å². The lowest BCUT2D eigenvalue weighted by Crippen LogP contribution is -2.48. The summed E-state index contributed by atoms with van der Waals surface area (Å²) in [5, 5.41) is 11.8. The number of ether oxygens (including phenoxy) is 1. The van der Waals surface area contributed by atoms with Gasteiger partial charge in [0.05, 0.1) is 11.2 Å². The molecule has 0 spiro atoms. The van der Waals surface area contributed by atoms with E-state index in [2.05, 4.69) is 4.90 Å². The maximum absolute atomic E-state index is 13.3. The van der Waals surface area contributed by atoms with Gasteiger partial charge in [-0.1, -0.05) is 30.1 Å². The lowest BCUT2D eigenvalue weighted by molar-refractivity contribution is -0.385. The van der Waals surface area contributed by atoms with Gasteiger partial charge in [0.1, 0.15) is 16.4 Å². The Kier molecular flexibility index (Phi) is 9.65. The van der Waals surface area contributed by atoms with Gasteiger partial charge in [0.25, 0.3) is 15.8 Å². The zero-order valence-corrected chi connectivity index (χ0v) is 21.4. The van der Waals surface area contributed by atoms with E-state index in [1.54, 1.807) is 0 Å². The third-order valence-electron chi connectivity index (χ3n) is 4.60. The number of rotatable bonds is 6. The third kappa shape index (κ3) is 8.34. The summed E-state index contributed by atoms with van der Waals surface area (Å²) in [6.45, 7) is 4.60. The molecule has 0 saturated carbocycles. The van der Waals surface area contributed by atoms with Crippen molar-refractivity contribution in [2.24, 2.45) is 0 Å². The predicted octanol–water partition coefficient (Wildman–Crippen LogP) is 3.52. The number of halogens is 2. The number of hydrogen-bond acceptors (Lipinski definition) is 8. The van der Waals surface area contributed by atoms with Crippen molar-refractivity contribution in [2.75, 3.05) is 39.0 Å². The molecule has 11 nitrogen and oxygen atoms in total. The first-order chi connectivity index (χ1) is 15.7. The van der Waals surface area contributed by atoms with Crippen molar-refractivity contribution in [3.05, 3.63) is 56.6 Å². The summed E-state index contributed by atoms with van der Waals surface area (Å²) in [5.74, 6) is 0.190. The van der Waals surface area contributed by atoms with E-state index >= 15 is 0 Å². The van der Waals surface area contributed by atoms with Gasteiger partial charge < -0.3 is 9.64 Å². The molecule has 188 valence electrons. The zero-order chi connectivity index (χ0) is 25.7. The number of nitro benzene ring substituents is 1. The second kappa shape index (κ2) is 11.6. The van der Waals surface area contributed by atoms with Crippen LogP contribution in [0.1, 0.15) is 6.92 Å². The number of nitrogens with zero attached hydrogens (tertiary/aromatic N) is 3. The van der Waals surface area contributed by atoms with E-state index in [1.165, 1.54) is 34.6 Å². The first-order valence-electron chi connectivity index (χ1n) is 9.78. The molecule has 1 saturated heterocycles. The molecule has 2 aromatic carbocycles. The number of hydrogen-bond donors (Lipinski definition) is 1. The van der Waals surface area contributed by atoms with Gasteiger partial charge in [-0.15, -0.1) is 0 Å². The van der Waals surface area contributed by atoms with E-state index < -0.39 is 25.1 Å². The van der Waals surface area contributed by atoms with Gasteiger partial charge in [-0.2, -0.15) is 12.7 Å². The number of sulfonamides is 1. The smallest absolute Gasteiger partial charge is 0.271 e. The Bertz CT molecular complexity index is 1220. The number of likely N-dealkylation sites (N-methyl/N-ethyl adjacent to an activating group) is 1. The third-order valence-corrected chi connectivity index (χ3v) is 6.95. The quantitative estimate of drug-likeness (QED) is 0.321. The van der Waals surface area contributed by atoms with Crippen LogP contribution in [0.3, 0.4) is 0 Å². The Labute approximate surface area is 207 Å². The largest absolute Gasteiger partial charge is 0.456 e. The molecule has 1 heterocycles. The fraction of sp³-hybridized carbons (Fsp3) is 0.368. The van der Waals surface area contributed by atoms with Crippen molar-refractivity contribution < 1.29 is 31.0 Å². The highest BCUT2D eigenvalue weighted by atomic mass is 35.5. The van der Waals surface area contributed by atoms with E-state index in [0.717, 1.165) is 12.6 Å². The molecule has 1 aliphatic rings. The first kappa shape index (κ1) is 28.2. The minimum absolute atomic E-state index is 0.0353. The summed E-state index contributed by atoms with van der Waals surface area (Å²) in [6, 6.07) is 7.94. The maximum Gasteiger partial charge on any atom is 0.271 e. The van der Waals surface area contributed by atoms with Crippen LogP contribution in [0.4, 0.5) is 5.69 Å². The Morgan fingerprint density at radius 3 is 2.03 bits per heavy atom. The van der Waals surface area contributed by atoms with Crippen molar-refractivity contribution >= 4 is 49.0 Å². The van der Waals surface area contributed by atoms with Crippen LogP contribution < -0.4 is 4.74 Å². The summed E-state index contributed by atoms with van der Waals surface area (Å²) in [7, 11) is -7.68. The molecule has 1 fully saturated rings. The molecule has 1 aliphatic heterocycles. The fourth-order valence-electron chi connectivity index (χ4n) is 3.04. The molecule has 0 bridgehead atoms. The van der Waals surface area contributed by atoms with Crippen LogP contribution in [0.25, 0.3) is 0 Å². The van der Waals surface area contributed by atoms with E-state index in [1.807, 2.05) is 6.92 Å². The molecule has 34 heavy (non-hydrogen) atoms. The Hall–Kier alpha value is -2.00. The highest BCUT2D eigenvalue weighted by Gasteiger charge is 2.32. The molecule has 0 unspecified atom stereocenters. The number of benzene rings is 2. The van der Waals surface area contributed by atoms with Crippen molar-refractivity contribution in [1.29, 1.82) is 0 Å². The first-order valence-corrected chi connectivity index (χ1v) is 13.8. The summed E-state index contributed by atoms with van der Waals surface area (Å²) in [5.41, 5.74) is -0.341. The molecule has 0 aromatic heterocycles. The second-order valence-electron chi connectivity index (χ2n) is 7.17. The Morgan fingerprint density at radius 2 is 1.56 bits per heavy atom. The summed E-state index contributed by atoms with van der Waals surface area (Å²) >= 11 is 12.0. The van der Waals surface area contributed by atoms with Gasteiger partial charge in [-0.25, -0.2) is 8.42 Å². The van der Waals surface area contributed by atoms with Crippen molar-refractivity contribution in [3.63, 3.8) is 0 Å². The molecule has 0 amide bonds. The zero-order valence-electron chi connectivity index (χ0n) is 18.2. The maximum atomic E-state index is 13.3. The van der Waals surface area contributed by atoms with Gasteiger partial charge in [-0.3, -0.25) is 14.7 Å². The number of nitro groups is 1. The van der Waals surface area contributed by atoms with Crippen LogP contribution >= 0.6 is 23.2 Å². The predicted molar refractivity (Wildman–Crippen MR) is 128 cm³/mol. The van der Waals surface area contributed by atoms with Crippen molar-refractivity contribution in [1.82, 2.24) is 9.21 Å². The average molecular weight is 556 g/mol. The van der Waals surface area contributed by atoms with Gasteiger partial charge in [-0.05, 0) is 30.8 Å². The van der Waals surface area contributed by atoms with Gasteiger partial charge in [0, 0.05) is 48.4 Å². The van der Waals surface area contributed by atoms with E-state index in [4.69, 9.17) is 32.5 Å². The monoisotopic (exact) mass is 555 g/mol. The van der Waals surface area contributed by atoms with Crippen molar-refractivity contribution in [3.8, 4) is 11.5 Å². The van der Waals surface area contributed by atoms with Crippen LogP contribution in [-0.2, 0) is 20.1 Å². The highest BCUT2D eigenvalue weighted by Crippen LogP contribution is 2.36. The topological polar surface area (TPSA) is 147 Å². The molecular weight excluding hydrogens is 533 g/mol. The normalized spacial score (nSPS) is 15.3. The standard InChI is InChI=1S/C18H19Cl2N3O5S.CH4O3S/c1-2-21-5-7-22(8-6-21)29(26,27)18-12-15(23(24)25)3-4-17(18)28-16-10-13(19)9-14(20)11-16;1-5(2,3)4/h3-4,9-12H,2,5-8H2,1H3;1H3,(H,2,3,4). The molecule has 2 aromatic rings. The molecule has 3 rings (SSSR count). The van der Waals surface area contributed by atoms with Crippen LogP contribution in [-0.4, -0.2) is 74.5 Å². The van der Waals surface area contributed by atoms with Crippen LogP contribution in [0.2, 0.25) is 10.0 Å². The summed E-state index contributed by atoms with van der Waals surface area (Å²) in [4.78, 5) is 12.4.